The highest BCUT2D eigenvalue weighted by molar-refractivity contribution is 5.69. The van der Waals surface area contributed by atoms with Crippen LogP contribution in [0.15, 0.2) is 12.3 Å². The summed E-state index contributed by atoms with van der Waals surface area (Å²) in [4.78, 5) is 11.5. The molecule has 0 aromatic carbocycles. The van der Waals surface area contributed by atoms with E-state index in [0.717, 1.165) is 19.4 Å². The fourth-order valence-corrected chi connectivity index (χ4v) is 2.50. The molecule has 1 aliphatic heterocycles. The summed E-state index contributed by atoms with van der Waals surface area (Å²) in [5.41, 5.74) is 0. The monoisotopic (exact) mass is 256 g/mol. The SMILES string of the molecule is C=C(OCC)C(CC(=O)OC)[C@@H]1CCO[C@@H](C)C1. The van der Waals surface area contributed by atoms with Crippen molar-refractivity contribution >= 4 is 5.97 Å². The van der Waals surface area contributed by atoms with Crippen LogP contribution in [-0.2, 0) is 19.0 Å². The third kappa shape index (κ3) is 4.33. The average molecular weight is 256 g/mol. The molecule has 1 fully saturated rings. The van der Waals surface area contributed by atoms with E-state index in [1.54, 1.807) is 0 Å². The van der Waals surface area contributed by atoms with Crippen molar-refractivity contribution in [3.63, 3.8) is 0 Å². The maximum Gasteiger partial charge on any atom is 0.306 e. The van der Waals surface area contributed by atoms with Gasteiger partial charge in [-0.25, -0.2) is 0 Å². The maximum absolute atomic E-state index is 11.5. The molecule has 0 aromatic heterocycles. The molecule has 0 saturated carbocycles. The van der Waals surface area contributed by atoms with Crippen LogP contribution >= 0.6 is 0 Å². The number of allylic oxidation sites excluding steroid dienone is 1. The topological polar surface area (TPSA) is 44.8 Å². The molecule has 0 aromatic rings. The summed E-state index contributed by atoms with van der Waals surface area (Å²) >= 11 is 0. The number of esters is 1. The Kier molecular flexibility index (Phi) is 6.19. The second kappa shape index (κ2) is 7.41. The van der Waals surface area contributed by atoms with E-state index in [9.17, 15) is 4.79 Å². The molecule has 0 bridgehead atoms. The van der Waals surface area contributed by atoms with Gasteiger partial charge in [-0.2, -0.15) is 0 Å². The molecule has 0 amide bonds. The van der Waals surface area contributed by atoms with Gasteiger partial charge in [-0.15, -0.1) is 0 Å². The molecule has 104 valence electrons. The van der Waals surface area contributed by atoms with Crippen LogP contribution < -0.4 is 0 Å². The molecule has 4 heteroatoms. The van der Waals surface area contributed by atoms with Gasteiger partial charge in [0.2, 0.25) is 0 Å². The summed E-state index contributed by atoms with van der Waals surface area (Å²) in [6.45, 7) is 9.26. The van der Waals surface area contributed by atoms with Gasteiger partial charge in [0.15, 0.2) is 0 Å². The molecule has 1 unspecified atom stereocenters. The number of hydrogen-bond donors (Lipinski definition) is 0. The molecule has 0 radical (unpaired) electrons. The van der Waals surface area contributed by atoms with E-state index in [4.69, 9.17) is 14.2 Å². The normalized spacial score (nSPS) is 25.3. The predicted molar refractivity (Wildman–Crippen MR) is 69.0 cm³/mol. The molecular weight excluding hydrogens is 232 g/mol. The van der Waals surface area contributed by atoms with E-state index in [1.807, 2.05) is 6.92 Å². The second-order valence-corrected chi connectivity index (χ2v) is 4.75. The maximum atomic E-state index is 11.5. The first-order chi connectivity index (χ1) is 8.58. The summed E-state index contributed by atoms with van der Waals surface area (Å²) in [6, 6.07) is 0. The minimum Gasteiger partial charge on any atom is -0.499 e. The Morgan fingerprint density at radius 2 is 2.28 bits per heavy atom. The second-order valence-electron chi connectivity index (χ2n) is 4.75. The number of carbonyl (C=O) groups is 1. The van der Waals surface area contributed by atoms with Crippen LogP contribution in [0.25, 0.3) is 0 Å². The van der Waals surface area contributed by atoms with Crippen molar-refractivity contribution in [2.45, 2.75) is 39.2 Å². The van der Waals surface area contributed by atoms with Crippen molar-refractivity contribution < 1.29 is 19.0 Å². The zero-order chi connectivity index (χ0) is 13.5. The quantitative estimate of drug-likeness (QED) is 0.541. The standard InChI is InChI=1S/C14H24O4/c1-5-17-11(3)13(9-14(15)16-4)12-6-7-18-10(2)8-12/h10,12-13H,3,5-9H2,1-2,4H3/t10-,12+,13?/m0/s1. The van der Waals surface area contributed by atoms with E-state index in [2.05, 4.69) is 13.5 Å². The van der Waals surface area contributed by atoms with E-state index in [0.29, 0.717) is 24.7 Å². The predicted octanol–water partition coefficient (Wildman–Crippen LogP) is 2.53. The largest absolute Gasteiger partial charge is 0.499 e. The first-order valence-corrected chi connectivity index (χ1v) is 6.58. The van der Waals surface area contributed by atoms with Crippen LogP contribution in [0.4, 0.5) is 0 Å². The van der Waals surface area contributed by atoms with Crippen LogP contribution in [0, 0.1) is 11.8 Å². The van der Waals surface area contributed by atoms with Crippen molar-refractivity contribution in [2.75, 3.05) is 20.3 Å². The summed E-state index contributed by atoms with van der Waals surface area (Å²) in [5, 5.41) is 0. The highest BCUT2D eigenvalue weighted by atomic mass is 16.5. The number of rotatable bonds is 6. The van der Waals surface area contributed by atoms with Crippen molar-refractivity contribution in [1.82, 2.24) is 0 Å². The average Bonchev–Trinajstić information content (AvgIpc) is 2.35. The van der Waals surface area contributed by atoms with Gasteiger partial charge in [0.25, 0.3) is 0 Å². The number of carbonyl (C=O) groups excluding carboxylic acids is 1. The van der Waals surface area contributed by atoms with E-state index < -0.39 is 0 Å². The molecule has 1 heterocycles. The lowest BCUT2D eigenvalue weighted by Gasteiger charge is -2.33. The lowest BCUT2D eigenvalue weighted by Crippen LogP contribution is -2.31. The fraction of sp³-hybridized carbons (Fsp3) is 0.786. The van der Waals surface area contributed by atoms with Crippen LogP contribution in [0.1, 0.15) is 33.1 Å². The minimum absolute atomic E-state index is 0.0312. The van der Waals surface area contributed by atoms with Crippen LogP contribution in [-0.4, -0.2) is 32.4 Å². The summed E-state index contributed by atoms with van der Waals surface area (Å²) in [7, 11) is 1.41. The molecular formula is C14H24O4. The molecule has 0 N–H and O–H groups in total. The zero-order valence-electron chi connectivity index (χ0n) is 11.6. The van der Waals surface area contributed by atoms with E-state index in [1.165, 1.54) is 7.11 Å². The first-order valence-electron chi connectivity index (χ1n) is 6.58. The first kappa shape index (κ1) is 15.0. The Labute approximate surface area is 109 Å². The van der Waals surface area contributed by atoms with Gasteiger partial charge in [0.05, 0.1) is 32.0 Å². The molecule has 0 aliphatic carbocycles. The third-order valence-electron chi connectivity index (χ3n) is 3.45. The Hall–Kier alpha value is -1.03. The van der Waals surface area contributed by atoms with Crippen molar-refractivity contribution in [3.05, 3.63) is 12.3 Å². The Morgan fingerprint density at radius 1 is 1.56 bits per heavy atom. The molecule has 1 aliphatic rings. The Morgan fingerprint density at radius 3 is 2.83 bits per heavy atom. The molecule has 1 saturated heterocycles. The van der Waals surface area contributed by atoms with Gasteiger partial charge in [-0.1, -0.05) is 6.58 Å². The minimum atomic E-state index is -0.208. The third-order valence-corrected chi connectivity index (χ3v) is 3.45. The highest BCUT2D eigenvalue weighted by Crippen LogP contribution is 2.34. The summed E-state index contributed by atoms with van der Waals surface area (Å²) in [5.74, 6) is 0.901. The van der Waals surface area contributed by atoms with Gasteiger partial charge < -0.3 is 14.2 Å². The summed E-state index contributed by atoms with van der Waals surface area (Å²) in [6.07, 6.45) is 2.46. The summed E-state index contributed by atoms with van der Waals surface area (Å²) < 4.78 is 15.8. The van der Waals surface area contributed by atoms with Crippen LogP contribution in [0.3, 0.4) is 0 Å². The lowest BCUT2D eigenvalue weighted by molar-refractivity contribution is -0.142. The molecule has 1 rings (SSSR count). The van der Waals surface area contributed by atoms with Gasteiger partial charge in [-0.3, -0.25) is 4.79 Å². The molecule has 4 nitrogen and oxygen atoms in total. The molecule has 0 spiro atoms. The number of hydrogen-bond acceptors (Lipinski definition) is 4. The van der Waals surface area contributed by atoms with E-state index >= 15 is 0 Å². The van der Waals surface area contributed by atoms with Gasteiger partial charge in [-0.05, 0) is 32.6 Å². The molecule has 3 atom stereocenters. The van der Waals surface area contributed by atoms with Crippen molar-refractivity contribution in [2.24, 2.45) is 11.8 Å². The van der Waals surface area contributed by atoms with Crippen LogP contribution in [0.5, 0.6) is 0 Å². The van der Waals surface area contributed by atoms with Crippen LogP contribution in [0.2, 0.25) is 0 Å². The van der Waals surface area contributed by atoms with E-state index in [-0.39, 0.29) is 18.0 Å². The van der Waals surface area contributed by atoms with Crippen molar-refractivity contribution in [1.29, 1.82) is 0 Å². The van der Waals surface area contributed by atoms with Gasteiger partial charge in [0.1, 0.15) is 0 Å². The Bertz CT molecular complexity index is 288. The van der Waals surface area contributed by atoms with Crippen molar-refractivity contribution in [3.8, 4) is 0 Å². The smallest absolute Gasteiger partial charge is 0.306 e. The number of methoxy groups -OCH3 is 1. The number of ether oxygens (including phenoxy) is 3. The Balaban J connectivity index is 2.68. The highest BCUT2D eigenvalue weighted by Gasteiger charge is 2.31. The molecule has 18 heavy (non-hydrogen) atoms. The fourth-order valence-electron chi connectivity index (χ4n) is 2.50. The lowest BCUT2D eigenvalue weighted by atomic mass is 9.81. The zero-order valence-corrected chi connectivity index (χ0v) is 11.6. The van der Waals surface area contributed by atoms with Gasteiger partial charge >= 0.3 is 5.97 Å². The van der Waals surface area contributed by atoms with Gasteiger partial charge in [0, 0.05) is 12.5 Å².